The Labute approximate surface area is 216 Å². The van der Waals surface area contributed by atoms with Gasteiger partial charge >= 0.3 is 0 Å². The molecule has 0 spiro atoms. The van der Waals surface area contributed by atoms with Crippen LogP contribution in [0.15, 0.2) is 69.6 Å². The molecule has 5 nitrogen and oxygen atoms in total. The molecule has 0 aliphatic carbocycles. The molecule has 3 aromatic carbocycles. The minimum atomic E-state index is -0.409. The molecule has 0 fully saturated rings. The lowest BCUT2D eigenvalue weighted by atomic mass is 10.0. The van der Waals surface area contributed by atoms with Gasteiger partial charge in [-0.2, -0.15) is 0 Å². The summed E-state index contributed by atoms with van der Waals surface area (Å²) < 4.78 is 1.28. The van der Waals surface area contributed by atoms with Gasteiger partial charge in [-0.3, -0.25) is 9.59 Å². The standard InChI is InChI=1S/C25H26N2O2S.C2H7N.C2H6.2H2/c1-2-19(15-18-16-30-21-13-7-6-12-20(18)21)27-23-22(24(28)25(23)29)26-14-8-11-17-9-4-3-5-10-17;1-3-2;1-2;;/h3-7,9-10,12-13,16,19,26-27H,2,8,11,14-15H2,1H3;3H,1-2H3;1-2H3;2*1H/t19-;;;;/m0..../s1. The number of aryl methyl sites for hydroxylation is 1. The van der Waals surface area contributed by atoms with Crippen molar-refractivity contribution in [2.24, 2.45) is 0 Å². The molecule has 0 amide bonds. The summed E-state index contributed by atoms with van der Waals surface area (Å²) >= 11 is 1.75. The normalized spacial score (nSPS) is 11.2. The summed E-state index contributed by atoms with van der Waals surface area (Å²) in [6.45, 7) is 6.77. The van der Waals surface area contributed by atoms with Crippen molar-refractivity contribution in [3.8, 4) is 0 Å². The van der Waals surface area contributed by atoms with E-state index in [1.807, 2.05) is 46.1 Å². The first-order valence-electron chi connectivity index (χ1n) is 12.5. The van der Waals surface area contributed by atoms with Crippen molar-refractivity contribution in [3.63, 3.8) is 0 Å². The molecule has 0 saturated carbocycles. The predicted octanol–water partition coefficient (Wildman–Crippen LogP) is 6.33. The lowest BCUT2D eigenvalue weighted by Crippen LogP contribution is -2.40. The highest BCUT2D eigenvalue weighted by Gasteiger charge is 2.23. The molecule has 6 heteroatoms. The van der Waals surface area contributed by atoms with Crippen molar-refractivity contribution < 1.29 is 2.85 Å². The molecule has 4 rings (SSSR count). The van der Waals surface area contributed by atoms with Crippen LogP contribution in [0.3, 0.4) is 0 Å². The molecule has 1 aromatic heterocycles. The van der Waals surface area contributed by atoms with Crippen molar-refractivity contribution in [1.82, 2.24) is 5.32 Å². The average Bonchev–Trinajstić information content (AvgIpc) is 3.31. The molecule has 0 bridgehead atoms. The summed E-state index contributed by atoms with van der Waals surface area (Å²) in [4.78, 5) is 24.3. The molecule has 35 heavy (non-hydrogen) atoms. The van der Waals surface area contributed by atoms with E-state index in [0.29, 0.717) is 17.9 Å². The van der Waals surface area contributed by atoms with Crippen LogP contribution in [0.1, 0.15) is 47.6 Å². The first kappa shape index (κ1) is 28.3. The van der Waals surface area contributed by atoms with E-state index in [0.717, 1.165) is 25.7 Å². The van der Waals surface area contributed by atoms with E-state index >= 15 is 0 Å². The second-order valence-corrected chi connectivity index (χ2v) is 9.05. The van der Waals surface area contributed by atoms with E-state index in [4.69, 9.17) is 0 Å². The maximum Gasteiger partial charge on any atom is 0.253 e. The third-order valence-electron chi connectivity index (χ3n) is 5.57. The van der Waals surface area contributed by atoms with Crippen molar-refractivity contribution in [1.29, 1.82) is 0 Å². The highest BCUT2D eigenvalue weighted by atomic mass is 32.1. The predicted molar refractivity (Wildman–Crippen MR) is 158 cm³/mol. The van der Waals surface area contributed by atoms with Crippen LogP contribution in [0.2, 0.25) is 0 Å². The Morgan fingerprint density at radius 2 is 1.54 bits per heavy atom. The van der Waals surface area contributed by atoms with Gasteiger partial charge in [0.25, 0.3) is 10.9 Å². The average molecular weight is 498 g/mol. The summed E-state index contributed by atoms with van der Waals surface area (Å²) in [7, 11) is 3.75. The number of thiophene rings is 1. The Kier molecular flexibility index (Phi) is 12.2. The van der Waals surface area contributed by atoms with E-state index in [2.05, 4.69) is 64.7 Å². The number of benzene rings is 2. The molecule has 4 aromatic rings. The maximum absolute atomic E-state index is 12.2. The Balaban J connectivity index is 0.00000173. The van der Waals surface area contributed by atoms with Crippen LogP contribution < -0.4 is 26.8 Å². The minimum Gasteiger partial charge on any atom is -0.380 e. The number of hydrogen-bond donors (Lipinski definition) is 3. The maximum atomic E-state index is 12.2. The van der Waals surface area contributed by atoms with Gasteiger partial charge in [0, 0.05) is 20.1 Å². The topological polar surface area (TPSA) is 70.2 Å². The van der Waals surface area contributed by atoms with Gasteiger partial charge in [0.2, 0.25) is 0 Å². The molecule has 0 aliphatic rings. The second-order valence-electron chi connectivity index (χ2n) is 8.13. The first-order chi connectivity index (χ1) is 17.1. The van der Waals surface area contributed by atoms with Crippen molar-refractivity contribution in [2.75, 3.05) is 31.3 Å². The van der Waals surface area contributed by atoms with E-state index in [1.54, 1.807) is 11.3 Å². The third kappa shape index (κ3) is 7.77. The zero-order valence-corrected chi connectivity index (χ0v) is 22.4. The highest BCUT2D eigenvalue weighted by molar-refractivity contribution is 7.17. The van der Waals surface area contributed by atoms with E-state index in [-0.39, 0.29) is 8.90 Å². The molecule has 3 N–H and O–H groups in total. The van der Waals surface area contributed by atoms with E-state index in [9.17, 15) is 9.59 Å². The Morgan fingerprint density at radius 1 is 0.914 bits per heavy atom. The van der Waals surface area contributed by atoms with Gasteiger partial charge in [-0.05, 0) is 67.7 Å². The zero-order valence-electron chi connectivity index (χ0n) is 21.6. The molecule has 192 valence electrons. The molecular formula is C29H43N3O2S. The Hall–Kier alpha value is -2.96. The highest BCUT2D eigenvalue weighted by Crippen LogP contribution is 2.28. The fourth-order valence-corrected chi connectivity index (χ4v) is 4.78. The first-order valence-corrected chi connectivity index (χ1v) is 13.4. The fourth-order valence-electron chi connectivity index (χ4n) is 3.81. The van der Waals surface area contributed by atoms with E-state index < -0.39 is 10.9 Å². The van der Waals surface area contributed by atoms with Gasteiger partial charge in [0.15, 0.2) is 0 Å². The number of hydrogen-bond acceptors (Lipinski definition) is 6. The largest absolute Gasteiger partial charge is 0.380 e. The molecule has 1 atom stereocenters. The number of anilines is 2. The Bertz CT molecular complexity index is 1220. The molecule has 0 unspecified atom stereocenters. The van der Waals surface area contributed by atoms with Crippen LogP contribution in [0.4, 0.5) is 11.4 Å². The summed E-state index contributed by atoms with van der Waals surface area (Å²) in [5.41, 5.74) is 2.64. The van der Waals surface area contributed by atoms with E-state index in [1.165, 1.54) is 21.2 Å². The minimum absolute atomic E-state index is 0. The van der Waals surface area contributed by atoms with Crippen molar-refractivity contribution in [3.05, 3.63) is 91.6 Å². The molecule has 0 radical (unpaired) electrons. The second kappa shape index (κ2) is 15.1. The number of rotatable bonds is 10. The summed E-state index contributed by atoms with van der Waals surface area (Å²) in [6.07, 6.45) is 3.54. The smallest absolute Gasteiger partial charge is 0.253 e. The van der Waals surface area contributed by atoms with Crippen molar-refractivity contribution >= 4 is 32.8 Å². The van der Waals surface area contributed by atoms with Gasteiger partial charge in [-0.25, -0.2) is 0 Å². The van der Waals surface area contributed by atoms with Crippen LogP contribution in [-0.4, -0.2) is 26.7 Å². The lowest BCUT2D eigenvalue weighted by molar-refractivity contribution is 0.692. The van der Waals surface area contributed by atoms with Crippen LogP contribution in [0.25, 0.3) is 10.1 Å². The zero-order chi connectivity index (χ0) is 25.6. The monoisotopic (exact) mass is 497 g/mol. The van der Waals surface area contributed by atoms with Gasteiger partial charge in [-0.15, -0.1) is 11.3 Å². The third-order valence-corrected chi connectivity index (χ3v) is 6.58. The molecule has 0 aliphatic heterocycles. The van der Waals surface area contributed by atoms with Crippen LogP contribution >= 0.6 is 11.3 Å². The lowest BCUT2D eigenvalue weighted by Gasteiger charge is -2.21. The fraction of sp³-hybridized carbons (Fsp3) is 0.379. The van der Waals surface area contributed by atoms with Gasteiger partial charge in [0.05, 0.1) is 0 Å². The quantitative estimate of drug-likeness (QED) is 0.176. The molecular weight excluding hydrogens is 454 g/mol. The van der Waals surface area contributed by atoms with Crippen LogP contribution in [-0.2, 0) is 12.8 Å². The van der Waals surface area contributed by atoms with Gasteiger partial charge < -0.3 is 16.0 Å². The Morgan fingerprint density at radius 3 is 2.23 bits per heavy atom. The van der Waals surface area contributed by atoms with Gasteiger partial charge in [-0.1, -0.05) is 69.3 Å². The van der Waals surface area contributed by atoms with Gasteiger partial charge in [0.1, 0.15) is 11.4 Å². The molecule has 0 saturated heterocycles. The van der Waals surface area contributed by atoms with Crippen LogP contribution in [0.5, 0.6) is 0 Å². The number of fused-ring (bicyclic) bond motifs is 1. The van der Waals surface area contributed by atoms with Crippen LogP contribution in [0, 0.1) is 0 Å². The summed E-state index contributed by atoms with van der Waals surface area (Å²) in [6, 6.07) is 18.8. The summed E-state index contributed by atoms with van der Waals surface area (Å²) in [5.74, 6) is 0. The number of nitrogens with one attached hydrogen (secondary N) is 3. The SMILES string of the molecule is CC.CC[C@@H](Cc1csc2ccccc12)Nc1c(NCCCc2ccccc2)c(=O)c1=O.CNC.[HH].[HH]. The van der Waals surface area contributed by atoms with Crippen molar-refractivity contribution in [2.45, 2.75) is 52.5 Å². The summed E-state index contributed by atoms with van der Waals surface area (Å²) in [5, 5.41) is 12.7. The molecule has 1 heterocycles.